The molecule has 3 N–H and O–H groups in total. The Labute approximate surface area is 156 Å². The Hall–Kier alpha value is -2.92. The average molecular weight is 401 g/mol. The van der Waals surface area contributed by atoms with Gasteiger partial charge >= 0.3 is 6.36 Å². The number of nitrogens with one attached hydrogen (secondary N) is 2. The lowest BCUT2D eigenvalue weighted by atomic mass is 10.1. The van der Waals surface area contributed by atoms with E-state index < -0.39 is 17.4 Å². The monoisotopic (exact) mass is 401 g/mol. The molecule has 0 fully saturated rings. The number of benzene rings is 2. The predicted octanol–water partition coefficient (Wildman–Crippen LogP) is 3.51. The van der Waals surface area contributed by atoms with Gasteiger partial charge in [0.15, 0.2) is 5.11 Å². The Morgan fingerprint density at radius 1 is 1.19 bits per heavy atom. The number of non-ortho nitro benzene ring substituents is 1. The molecule has 2 aromatic rings. The number of thiocarbonyl (C=S) groups is 1. The van der Waals surface area contributed by atoms with Crippen LogP contribution in [-0.2, 0) is 0 Å². The molecule has 0 aliphatic heterocycles. The second kappa shape index (κ2) is 8.64. The number of rotatable bonds is 6. The van der Waals surface area contributed by atoms with Gasteiger partial charge in [-0.25, -0.2) is 0 Å². The summed E-state index contributed by atoms with van der Waals surface area (Å²) in [6.07, 6.45) is -5.73. The van der Waals surface area contributed by atoms with Crippen LogP contribution in [-0.4, -0.2) is 28.0 Å². The van der Waals surface area contributed by atoms with Crippen LogP contribution in [0.15, 0.2) is 48.5 Å². The van der Waals surface area contributed by atoms with E-state index in [9.17, 15) is 28.4 Å². The van der Waals surface area contributed by atoms with Crippen LogP contribution >= 0.6 is 12.2 Å². The number of anilines is 1. The van der Waals surface area contributed by atoms with E-state index in [0.717, 1.165) is 12.1 Å². The second-order valence-electron chi connectivity index (χ2n) is 5.27. The van der Waals surface area contributed by atoms with Crippen LogP contribution in [0, 0.1) is 10.1 Å². The maximum Gasteiger partial charge on any atom is 0.573 e. The number of ether oxygens (including phenoxy) is 1. The lowest BCUT2D eigenvalue weighted by Crippen LogP contribution is -2.32. The summed E-state index contributed by atoms with van der Waals surface area (Å²) >= 11 is 5.05. The van der Waals surface area contributed by atoms with Crippen molar-refractivity contribution in [2.24, 2.45) is 0 Å². The summed E-state index contributed by atoms with van der Waals surface area (Å²) in [4.78, 5) is 10.1. The molecule has 0 aliphatic carbocycles. The van der Waals surface area contributed by atoms with Crippen molar-refractivity contribution in [1.29, 1.82) is 0 Å². The molecule has 0 saturated carbocycles. The Morgan fingerprint density at radius 3 is 2.30 bits per heavy atom. The van der Waals surface area contributed by atoms with E-state index >= 15 is 0 Å². The molecule has 7 nitrogen and oxygen atoms in total. The Kier molecular flexibility index (Phi) is 6.53. The number of nitro groups is 1. The third-order valence-electron chi connectivity index (χ3n) is 3.29. The quantitative estimate of drug-likeness (QED) is 0.387. The topological polar surface area (TPSA) is 96.7 Å². The van der Waals surface area contributed by atoms with Crippen molar-refractivity contribution in [2.45, 2.75) is 12.5 Å². The van der Waals surface area contributed by atoms with E-state index in [0.29, 0.717) is 11.3 Å². The molecule has 0 heterocycles. The molecule has 11 heteroatoms. The predicted molar refractivity (Wildman–Crippen MR) is 95.4 cm³/mol. The molecular formula is C16H14F3N3O4S. The van der Waals surface area contributed by atoms with Crippen molar-refractivity contribution in [3.05, 3.63) is 64.2 Å². The van der Waals surface area contributed by atoms with Crippen molar-refractivity contribution in [3.8, 4) is 5.75 Å². The van der Waals surface area contributed by atoms with Gasteiger partial charge in [0.2, 0.25) is 0 Å². The van der Waals surface area contributed by atoms with Crippen LogP contribution < -0.4 is 15.4 Å². The molecule has 0 unspecified atom stereocenters. The highest BCUT2D eigenvalue weighted by atomic mass is 32.1. The zero-order valence-electron chi connectivity index (χ0n) is 13.6. The highest BCUT2D eigenvalue weighted by molar-refractivity contribution is 7.80. The second-order valence-corrected chi connectivity index (χ2v) is 5.68. The van der Waals surface area contributed by atoms with Gasteiger partial charge in [-0.2, -0.15) is 0 Å². The minimum atomic E-state index is -4.76. The van der Waals surface area contributed by atoms with Gasteiger partial charge in [0.25, 0.3) is 5.69 Å². The summed E-state index contributed by atoms with van der Waals surface area (Å²) in [6, 6.07) is 10.4. The molecule has 0 bridgehead atoms. The number of alkyl halides is 3. The number of hydrogen-bond donors (Lipinski definition) is 3. The first kappa shape index (κ1) is 20.4. The number of hydrogen-bond acceptors (Lipinski definition) is 5. The Balaban J connectivity index is 1.84. The fourth-order valence-corrected chi connectivity index (χ4v) is 2.24. The van der Waals surface area contributed by atoms with Crippen molar-refractivity contribution >= 4 is 28.7 Å². The van der Waals surface area contributed by atoms with Gasteiger partial charge in [-0.05, 0) is 54.2 Å². The summed E-state index contributed by atoms with van der Waals surface area (Å²) in [5, 5.41) is 26.3. The Bertz CT molecular complexity index is 798. The van der Waals surface area contributed by atoms with Crippen molar-refractivity contribution in [1.82, 2.24) is 5.32 Å². The van der Waals surface area contributed by atoms with Gasteiger partial charge in [-0.15, -0.1) is 13.2 Å². The van der Waals surface area contributed by atoms with Gasteiger partial charge in [0.1, 0.15) is 5.75 Å². The molecule has 0 aromatic heterocycles. The van der Waals surface area contributed by atoms with Crippen LogP contribution in [0.4, 0.5) is 24.5 Å². The molecule has 0 amide bonds. The lowest BCUT2D eigenvalue weighted by Gasteiger charge is -2.15. The number of halogens is 3. The van der Waals surface area contributed by atoms with Crippen LogP contribution in [0.3, 0.4) is 0 Å². The lowest BCUT2D eigenvalue weighted by molar-refractivity contribution is -0.384. The highest BCUT2D eigenvalue weighted by Crippen LogP contribution is 2.24. The first-order chi connectivity index (χ1) is 12.6. The summed E-state index contributed by atoms with van der Waals surface area (Å²) < 4.78 is 40.1. The maximum absolute atomic E-state index is 12.1. The van der Waals surface area contributed by atoms with Crippen LogP contribution in [0.25, 0.3) is 0 Å². The zero-order valence-corrected chi connectivity index (χ0v) is 14.4. The van der Waals surface area contributed by atoms with Crippen LogP contribution in [0.5, 0.6) is 5.75 Å². The molecule has 144 valence electrons. The summed E-state index contributed by atoms with van der Waals surface area (Å²) in [5.41, 5.74) is 0.797. The first-order valence-electron chi connectivity index (χ1n) is 7.47. The van der Waals surface area contributed by atoms with E-state index in [4.69, 9.17) is 12.2 Å². The zero-order chi connectivity index (χ0) is 20.0. The maximum atomic E-state index is 12.1. The van der Waals surface area contributed by atoms with Gasteiger partial charge in [0, 0.05) is 24.4 Å². The molecule has 0 aliphatic rings. The summed E-state index contributed by atoms with van der Waals surface area (Å²) in [5.74, 6) is -0.361. The van der Waals surface area contributed by atoms with Crippen LogP contribution in [0.1, 0.15) is 11.7 Å². The van der Waals surface area contributed by atoms with Crippen molar-refractivity contribution in [3.63, 3.8) is 0 Å². The standard InChI is InChI=1S/C16H14F3N3O4S/c17-16(18,19)26-13-7-3-11(4-8-13)21-15(27)20-9-14(23)10-1-5-12(6-2-10)22(24)25/h1-8,14,23H,9H2,(H2,20,21,27)/t14-/m1/s1. The number of nitrogens with zero attached hydrogens (tertiary/aromatic N) is 1. The molecule has 27 heavy (non-hydrogen) atoms. The summed E-state index contributed by atoms with van der Waals surface area (Å²) in [6.45, 7) is 0.0267. The van der Waals surface area contributed by atoms with Gasteiger partial charge in [-0.3, -0.25) is 10.1 Å². The SMILES string of the molecule is O=[N+]([O-])c1ccc([C@H](O)CNC(=S)Nc2ccc(OC(F)(F)F)cc2)cc1. The molecule has 2 rings (SSSR count). The number of aliphatic hydroxyl groups is 1. The van der Waals surface area contributed by atoms with E-state index in [2.05, 4.69) is 15.4 Å². The van der Waals surface area contributed by atoms with Gasteiger partial charge in [0.05, 0.1) is 11.0 Å². The van der Waals surface area contributed by atoms with Crippen LogP contribution in [0.2, 0.25) is 0 Å². The smallest absolute Gasteiger partial charge is 0.406 e. The molecule has 0 spiro atoms. The van der Waals surface area contributed by atoms with Crippen molar-refractivity contribution < 1.29 is 27.9 Å². The third-order valence-corrected chi connectivity index (χ3v) is 3.54. The number of nitro benzene ring substituents is 1. The minimum absolute atomic E-state index is 0.0267. The average Bonchev–Trinajstić information content (AvgIpc) is 2.60. The largest absolute Gasteiger partial charge is 0.573 e. The van der Waals surface area contributed by atoms with E-state index in [1.165, 1.54) is 36.4 Å². The molecule has 2 aromatic carbocycles. The summed E-state index contributed by atoms with van der Waals surface area (Å²) in [7, 11) is 0. The van der Waals surface area contributed by atoms with Gasteiger partial charge < -0.3 is 20.5 Å². The van der Waals surface area contributed by atoms with E-state index in [1.54, 1.807) is 0 Å². The van der Waals surface area contributed by atoms with Crippen molar-refractivity contribution in [2.75, 3.05) is 11.9 Å². The Morgan fingerprint density at radius 2 is 1.78 bits per heavy atom. The minimum Gasteiger partial charge on any atom is -0.406 e. The normalized spacial score (nSPS) is 12.1. The third kappa shape index (κ3) is 6.72. The molecular weight excluding hydrogens is 387 g/mol. The highest BCUT2D eigenvalue weighted by Gasteiger charge is 2.30. The molecule has 0 radical (unpaired) electrons. The fourth-order valence-electron chi connectivity index (χ4n) is 2.04. The first-order valence-corrected chi connectivity index (χ1v) is 7.88. The fraction of sp³-hybridized carbons (Fsp3) is 0.188. The van der Waals surface area contributed by atoms with E-state index in [1.807, 2.05) is 0 Å². The van der Waals surface area contributed by atoms with Gasteiger partial charge in [-0.1, -0.05) is 0 Å². The molecule has 0 saturated heterocycles. The molecule has 1 atom stereocenters. The van der Waals surface area contributed by atoms with E-state index in [-0.39, 0.29) is 23.1 Å². The number of aliphatic hydroxyl groups excluding tert-OH is 1.